The summed E-state index contributed by atoms with van der Waals surface area (Å²) in [6.45, 7) is 0.241. The van der Waals surface area contributed by atoms with E-state index in [0.717, 1.165) is 18.4 Å². The fourth-order valence-electron chi connectivity index (χ4n) is 2.18. The van der Waals surface area contributed by atoms with Crippen molar-refractivity contribution in [2.45, 2.75) is 4.90 Å². The molecule has 2 N–H and O–H groups in total. The van der Waals surface area contributed by atoms with Crippen molar-refractivity contribution in [1.29, 1.82) is 0 Å². The third-order valence-corrected chi connectivity index (χ3v) is 5.29. The fourth-order valence-corrected chi connectivity index (χ4v) is 3.25. The van der Waals surface area contributed by atoms with Crippen molar-refractivity contribution in [3.8, 4) is 0 Å². The van der Waals surface area contributed by atoms with Gasteiger partial charge in [0.25, 0.3) is 11.6 Å². The Balaban J connectivity index is 2.02. The van der Waals surface area contributed by atoms with Gasteiger partial charge in [0.2, 0.25) is 0 Å². The molecule has 0 heterocycles. The number of sulfone groups is 1. The summed E-state index contributed by atoms with van der Waals surface area (Å²) in [7, 11) is -3.57. The largest absolute Gasteiger partial charge is 0.378 e. The van der Waals surface area contributed by atoms with Gasteiger partial charge in [0.05, 0.1) is 15.4 Å². The first-order valence-electron chi connectivity index (χ1n) is 7.55. The summed E-state index contributed by atoms with van der Waals surface area (Å²) >= 11 is 3.16. The van der Waals surface area contributed by atoms with E-state index in [1.165, 1.54) is 24.3 Å². The van der Waals surface area contributed by atoms with Crippen LogP contribution in [0.3, 0.4) is 0 Å². The Labute approximate surface area is 163 Å². The van der Waals surface area contributed by atoms with Gasteiger partial charge in [0.15, 0.2) is 9.84 Å². The predicted molar refractivity (Wildman–Crippen MR) is 101 cm³/mol. The second kappa shape index (κ2) is 8.44. The molecule has 0 fully saturated rings. The highest BCUT2D eigenvalue weighted by atomic mass is 79.9. The fraction of sp³-hybridized carbons (Fsp3) is 0.188. The van der Waals surface area contributed by atoms with Crippen molar-refractivity contribution < 1.29 is 22.5 Å². The van der Waals surface area contributed by atoms with E-state index in [0.29, 0.717) is 4.47 Å². The Morgan fingerprint density at radius 3 is 2.56 bits per heavy atom. The summed E-state index contributed by atoms with van der Waals surface area (Å²) < 4.78 is 36.7. The van der Waals surface area contributed by atoms with Crippen LogP contribution in [-0.4, -0.2) is 38.6 Å². The van der Waals surface area contributed by atoms with Gasteiger partial charge in [0.1, 0.15) is 11.5 Å². The van der Waals surface area contributed by atoms with Gasteiger partial charge in [-0.2, -0.15) is 0 Å². The summed E-state index contributed by atoms with van der Waals surface area (Å²) in [5, 5.41) is 16.5. The van der Waals surface area contributed by atoms with E-state index in [1.54, 1.807) is 0 Å². The highest BCUT2D eigenvalue weighted by Crippen LogP contribution is 2.27. The maximum Gasteiger partial charge on any atom is 0.293 e. The first-order chi connectivity index (χ1) is 12.6. The molecule has 0 aromatic heterocycles. The minimum atomic E-state index is -3.57. The van der Waals surface area contributed by atoms with Crippen LogP contribution < -0.4 is 10.6 Å². The van der Waals surface area contributed by atoms with Crippen molar-refractivity contribution in [2.24, 2.45) is 0 Å². The third-order valence-electron chi connectivity index (χ3n) is 3.49. The topological polar surface area (TPSA) is 118 Å². The van der Waals surface area contributed by atoms with Crippen LogP contribution in [0.4, 0.5) is 15.8 Å². The van der Waals surface area contributed by atoms with Crippen molar-refractivity contribution in [3.05, 3.63) is 62.4 Å². The lowest BCUT2D eigenvalue weighted by Crippen LogP contribution is -2.29. The molecular weight excluding hydrogens is 445 g/mol. The van der Waals surface area contributed by atoms with Gasteiger partial charge in [0, 0.05) is 29.9 Å². The Kier molecular flexibility index (Phi) is 6.50. The second-order valence-corrected chi connectivity index (χ2v) is 8.39. The van der Waals surface area contributed by atoms with Crippen LogP contribution in [0.25, 0.3) is 0 Å². The molecule has 0 saturated carbocycles. The van der Waals surface area contributed by atoms with Crippen molar-refractivity contribution in [2.75, 3.05) is 24.7 Å². The van der Waals surface area contributed by atoms with Crippen LogP contribution in [0.2, 0.25) is 0 Å². The Morgan fingerprint density at radius 1 is 1.22 bits per heavy atom. The van der Waals surface area contributed by atoms with Crippen molar-refractivity contribution >= 4 is 43.0 Å². The van der Waals surface area contributed by atoms with Crippen LogP contribution in [-0.2, 0) is 9.84 Å². The number of nitro groups is 1. The number of halogens is 2. The van der Waals surface area contributed by atoms with E-state index in [4.69, 9.17) is 0 Å². The quantitative estimate of drug-likeness (QED) is 0.373. The normalized spacial score (nSPS) is 11.1. The molecule has 0 spiro atoms. The zero-order valence-electron chi connectivity index (χ0n) is 14.0. The van der Waals surface area contributed by atoms with Crippen LogP contribution in [0.15, 0.2) is 45.8 Å². The molecule has 2 aromatic carbocycles. The molecule has 0 bridgehead atoms. The monoisotopic (exact) mass is 459 g/mol. The number of nitrogens with one attached hydrogen (secondary N) is 2. The van der Waals surface area contributed by atoms with Crippen LogP contribution >= 0.6 is 15.9 Å². The SMILES string of the molecule is CS(=O)(=O)c1ccc(NCCNC(=O)c2cc(F)ccc2Br)c([N+](=O)[O-])c1. The average Bonchev–Trinajstić information content (AvgIpc) is 2.59. The summed E-state index contributed by atoms with van der Waals surface area (Å²) in [5.41, 5.74) is -0.149. The van der Waals surface area contributed by atoms with Gasteiger partial charge in [-0.05, 0) is 46.3 Å². The second-order valence-electron chi connectivity index (χ2n) is 5.52. The molecule has 2 rings (SSSR count). The standard InChI is InChI=1S/C16H15BrFN3O5S/c1-27(25,26)11-3-5-14(15(9-11)21(23)24)19-6-7-20-16(22)12-8-10(18)2-4-13(12)17/h2-5,8-9,19H,6-7H2,1H3,(H,20,22). The molecular formula is C16H15BrFN3O5S. The molecule has 0 radical (unpaired) electrons. The molecule has 0 aliphatic heterocycles. The highest BCUT2D eigenvalue weighted by molar-refractivity contribution is 9.10. The summed E-state index contributed by atoms with van der Waals surface area (Å²) in [5.74, 6) is -1.06. The Bertz CT molecular complexity index is 998. The molecule has 0 aliphatic carbocycles. The molecule has 0 unspecified atom stereocenters. The number of rotatable bonds is 7. The molecule has 11 heteroatoms. The third kappa shape index (κ3) is 5.47. The van der Waals surface area contributed by atoms with E-state index in [2.05, 4.69) is 26.6 Å². The lowest BCUT2D eigenvalue weighted by molar-refractivity contribution is -0.384. The zero-order chi connectivity index (χ0) is 20.2. The Hall–Kier alpha value is -2.53. The molecule has 8 nitrogen and oxygen atoms in total. The first kappa shape index (κ1) is 20.8. The van der Waals surface area contributed by atoms with Crippen molar-refractivity contribution in [3.63, 3.8) is 0 Å². The number of benzene rings is 2. The van der Waals surface area contributed by atoms with Crippen molar-refractivity contribution in [1.82, 2.24) is 5.32 Å². The summed E-state index contributed by atoms with van der Waals surface area (Å²) in [6, 6.07) is 7.23. The number of hydrogen-bond donors (Lipinski definition) is 2. The molecule has 1 amide bonds. The smallest absolute Gasteiger partial charge is 0.293 e. The molecule has 27 heavy (non-hydrogen) atoms. The molecule has 0 aliphatic rings. The number of hydrogen-bond acceptors (Lipinski definition) is 6. The number of anilines is 1. The number of amides is 1. The molecule has 0 atom stereocenters. The molecule has 144 valence electrons. The average molecular weight is 460 g/mol. The lowest BCUT2D eigenvalue weighted by atomic mass is 10.2. The highest BCUT2D eigenvalue weighted by Gasteiger charge is 2.18. The molecule has 2 aromatic rings. The van der Waals surface area contributed by atoms with Gasteiger partial charge in [-0.3, -0.25) is 14.9 Å². The lowest BCUT2D eigenvalue weighted by Gasteiger charge is -2.10. The minimum Gasteiger partial charge on any atom is -0.378 e. The maximum atomic E-state index is 13.2. The van der Waals surface area contributed by atoms with Gasteiger partial charge in [-0.1, -0.05) is 0 Å². The minimum absolute atomic E-state index is 0.104. The van der Waals surface area contributed by atoms with Gasteiger partial charge in [-0.25, -0.2) is 12.8 Å². The van der Waals surface area contributed by atoms with Gasteiger partial charge in [-0.15, -0.1) is 0 Å². The predicted octanol–water partition coefficient (Wildman–Crippen LogP) is 2.74. The van der Waals surface area contributed by atoms with Crippen LogP contribution in [0.1, 0.15) is 10.4 Å². The number of carbonyl (C=O) groups is 1. The maximum absolute atomic E-state index is 13.2. The first-order valence-corrected chi connectivity index (χ1v) is 10.2. The summed E-state index contributed by atoms with van der Waals surface area (Å²) in [6.07, 6.45) is 0.958. The van der Waals surface area contributed by atoms with E-state index in [1.807, 2.05) is 0 Å². The zero-order valence-corrected chi connectivity index (χ0v) is 16.4. The van der Waals surface area contributed by atoms with E-state index in [9.17, 15) is 27.7 Å². The van der Waals surface area contributed by atoms with Crippen LogP contribution in [0, 0.1) is 15.9 Å². The number of nitro benzene ring substituents is 1. The number of carbonyl (C=O) groups excluding carboxylic acids is 1. The van der Waals surface area contributed by atoms with E-state index < -0.39 is 32.2 Å². The van der Waals surface area contributed by atoms with E-state index in [-0.39, 0.29) is 29.2 Å². The van der Waals surface area contributed by atoms with Gasteiger partial charge >= 0.3 is 0 Å². The van der Waals surface area contributed by atoms with Gasteiger partial charge < -0.3 is 10.6 Å². The van der Waals surface area contributed by atoms with Crippen LogP contribution in [0.5, 0.6) is 0 Å². The van der Waals surface area contributed by atoms with E-state index >= 15 is 0 Å². The Morgan fingerprint density at radius 2 is 1.93 bits per heavy atom. The summed E-state index contributed by atoms with van der Waals surface area (Å²) in [4.78, 5) is 22.3. The number of nitrogens with zero attached hydrogens (tertiary/aromatic N) is 1. The molecule has 0 saturated heterocycles.